The molecule has 43 heavy (non-hydrogen) atoms. The zero-order chi connectivity index (χ0) is 31.1. The van der Waals surface area contributed by atoms with Gasteiger partial charge in [0, 0.05) is 70.4 Å². The summed E-state index contributed by atoms with van der Waals surface area (Å²) in [6.45, 7) is 11.7. The molecule has 1 atom stereocenters. The van der Waals surface area contributed by atoms with Gasteiger partial charge in [0.25, 0.3) is 5.91 Å². The predicted octanol–water partition coefficient (Wildman–Crippen LogP) is 5.33. The molecule has 0 spiro atoms. The first-order valence-electron chi connectivity index (χ1n) is 15.1. The van der Waals surface area contributed by atoms with Gasteiger partial charge in [-0.15, -0.1) is 0 Å². The number of carbonyl (C=O) groups excluding carboxylic acids is 1. The Labute approximate surface area is 262 Å². The van der Waals surface area contributed by atoms with Crippen molar-refractivity contribution in [3.05, 3.63) is 82.4 Å². The lowest BCUT2D eigenvalue weighted by molar-refractivity contribution is 0.0943. The molecule has 0 aliphatic carbocycles. The standard InChI is InChI=1S/C34H46N6O2S/c1-23-12-16-35-21-27(23)22-40(28-8-10-30(42-7)11-9-28)29-14-18-39(19-15-29)25(3)13-17-36-33(41)32-24(2)20-31(37-26(32)4)34(43)38(5)6/h8-12,16,20-21,25,29H,13-15,17-19,22H2,1-7H3,(H,36,41)/t25-/m1/s1. The number of amides is 1. The fourth-order valence-electron chi connectivity index (χ4n) is 5.87. The van der Waals surface area contributed by atoms with Crippen LogP contribution in [-0.4, -0.2) is 83.6 Å². The van der Waals surface area contributed by atoms with Gasteiger partial charge in [-0.3, -0.25) is 9.78 Å². The molecule has 1 N–H and O–H groups in total. The van der Waals surface area contributed by atoms with Gasteiger partial charge in [-0.1, -0.05) is 12.2 Å². The summed E-state index contributed by atoms with van der Waals surface area (Å²) in [5.41, 5.74) is 6.68. The summed E-state index contributed by atoms with van der Waals surface area (Å²) in [6.07, 6.45) is 6.89. The maximum Gasteiger partial charge on any atom is 0.253 e. The zero-order valence-electron chi connectivity index (χ0n) is 26.7. The number of nitrogens with one attached hydrogen (secondary N) is 1. The average Bonchev–Trinajstić information content (AvgIpc) is 3.00. The lowest BCUT2D eigenvalue weighted by atomic mass is 9.99. The van der Waals surface area contributed by atoms with E-state index in [1.54, 1.807) is 7.11 Å². The highest BCUT2D eigenvalue weighted by molar-refractivity contribution is 7.80. The van der Waals surface area contributed by atoms with Crippen molar-refractivity contribution in [1.29, 1.82) is 0 Å². The van der Waals surface area contributed by atoms with Crippen molar-refractivity contribution in [1.82, 2.24) is 25.1 Å². The largest absolute Gasteiger partial charge is 0.497 e. The summed E-state index contributed by atoms with van der Waals surface area (Å²) in [6, 6.07) is 13.2. The number of likely N-dealkylation sites (tertiary alicyclic amines) is 1. The lowest BCUT2D eigenvalue weighted by Crippen LogP contribution is -2.48. The summed E-state index contributed by atoms with van der Waals surface area (Å²) < 4.78 is 5.41. The van der Waals surface area contributed by atoms with E-state index in [1.165, 1.54) is 16.8 Å². The van der Waals surface area contributed by atoms with E-state index in [9.17, 15) is 4.79 Å². The number of aryl methyl sites for hydroxylation is 3. The number of benzene rings is 1. The Hall–Kier alpha value is -3.56. The molecule has 1 amide bonds. The molecule has 8 nitrogen and oxygen atoms in total. The van der Waals surface area contributed by atoms with Crippen molar-refractivity contribution in [3.8, 4) is 5.75 Å². The lowest BCUT2D eigenvalue weighted by Gasteiger charge is -2.42. The highest BCUT2D eigenvalue weighted by Crippen LogP contribution is 2.29. The van der Waals surface area contributed by atoms with Crippen LogP contribution in [0.5, 0.6) is 5.75 Å². The van der Waals surface area contributed by atoms with Crippen molar-refractivity contribution in [2.75, 3.05) is 45.7 Å². The molecule has 3 aromatic rings. The molecule has 230 valence electrons. The van der Waals surface area contributed by atoms with Gasteiger partial charge in [-0.05, 0) is 100 Å². The Bertz CT molecular complexity index is 1380. The number of hydrogen-bond donors (Lipinski definition) is 1. The first kappa shape index (κ1) is 32.4. The molecule has 0 unspecified atom stereocenters. The number of thiocarbonyl (C=S) groups is 1. The number of rotatable bonds is 11. The van der Waals surface area contributed by atoms with Crippen LogP contribution in [0.2, 0.25) is 0 Å². The fraction of sp³-hybridized carbons (Fsp3) is 0.471. The Balaban J connectivity index is 1.33. The topological polar surface area (TPSA) is 73.8 Å². The van der Waals surface area contributed by atoms with Gasteiger partial charge >= 0.3 is 0 Å². The molecule has 1 saturated heterocycles. The van der Waals surface area contributed by atoms with Gasteiger partial charge in [0.15, 0.2) is 0 Å². The number of aromatic nitrogens is 2. The second-order valence-electron chi connectivity index (χ2n) is 11.8. The SMILES string of the molecule is COc1ccc(N(Cc2cnccc2C)C2CCN([C@H](C)CCNC(=O)c3c(C)cc(C(=S)N(C)C)nc3C)CC2)cc1. The molecule has 1 aromatic carbocycles. The molecule has 0 bridgehead atoms. The Morgan fingerprint density at radius 3 is 2.42 bits per heavy atom. The number of nitrogens with zero attached hydrogens (tertiary/aromatic N) is 5. The molecule has 0 radical (unpaired) electrons. The first-order chi connectivity index (χ1) is 20.6. The highest BCUT2D eigenvalue weighted by Gasteiger charge is 2.28. The van der Waals surface area contributed by atoms with Crippen LogP contribution in [0.25, 0.3) is 0 Å². The summed E-state index contributed by atoms with van der Waals surface area (Å²) in [5, 5.41) is 3.14. The molecule has 1 fully saturated rings. The minimum absolute atomic E-state index is 0.0726. The van der Waals surface area contributed by atoms with Crippen molar-refractivity contribution in [2.24, 2.45) is 0 Å². The van der Waals surface area contributed by atoms with E-state index >= 15 is 0 Å². The van der Waals surface area contributed by atoms with Crippen LogP contribution in [0.4, 0.5) is 5.69 Å². The average molecular weight is 603 g/mol. The second kappa shape index (κ2) is 14.8. The van der Waals surface area contributed by atoms with Crippen molar-refractivity contribution < 1.29 is 9.53 Å². The third kappa shape index (κ3) is 8.09. The van der Waals surface area contributed by atoms with E-state index in [0.29, 0.717) is 34.9 Å². The molecular formula is C34H46N6O2S. The third-order valence-electron chi connectivity index (χ3n) is 8.55. The quantitative estimate of drug-likeness (QED) is 0.296. The number of anilines is 1. The van der Waals surface area contributed by atoms with Crippen LogP contribution in [0.15, 0.2) is 48.8 Å². The predicted molar refractivity (Wildman–Crippen MR) is 178 cm³/mol. The van der Waals surface area contributed by atoms with Crippen LogP contribution in [0.3, 0.4) is 0 Å². The van der Waals surface area contributed by atoms with Gasteiger partial charge < -0.3 is 24.8 Å². The van der Waals surface area contributed by atoms with E-state index in [-0.39, 0.29) is 5.91 Å². The third-order valence-corrected chi connectivity index (χ3v) is 9.13. The molecule has 1 aliphatic heterocycles. The number of carbonyl (C=O) groups is 1. The maximum absolute atomic E-state index is 13.1. The molecular weight excluding hydrogens is 556 g/mol. The minimum atomic E-state index is -0.0726. The number of pyridine rings is 2. The van der Waals surface area contributed by atoms with E-state index in [4.69, 9.17) is 17.0 Å². The molecule has 9 heteroatoms. The maximum atomic E-state index is 13.1. The normalized spacial score (nSPS) is 14.7. The van der Waals surface area contributed by atoms with E-state index in [0.717, 1.165) is 55.9 Å². The molecule has 3 heterocycles. The van der Waals surface area contributed by atoms with E-state index in [1.807, 2.05) is 63.4 Å². The Kier molecular flexibility index (Phi) is 11.1. The minimum Gasteiger partial charge on any atom is -0.497 e. The van der Waals surface area contributed by atoms with Gasteiger partial charge in [-0.25, -0.2) is 4.98 Å². The Morgan fingerprint density at radius 2 is 1.81 bits per heavy atom. The zero-order valence-corrected chi connectivity index (χ0v) is 27.5. The van der Waals surface area contributed by atoms with E-state index < -0.39 is 0 Å². The van der Waals surface area contributed by atoms with Crippen LogP contribution >= 0.6 is 12.2 Å². The summed E-state index contributed by atoms with van der Waals surface area (Å²) in [4.78, 5) is 29.7. The number of hydrogen-bond acceptors (Lipinski definition) is 7. The van der Waals surface area contributed by atoms with Gasteiger partial charge in [0.1, 0.15) is 10.7 Å². The first-order valence-corrected chi connectivity index (χ1v) is 15.5. The van der Waals surface area contributed by atoms with Crippen molar-refractivity contribution in [3.63, 3.8) is 0 Å². The van der Waals surface area contributed by atoms with Crippen molar-refractivity contribution in [2.45, 2.75) is 65.6 Å². The summed E-state index contributed by atoms with van der Waals surface area (Å²) in [7, 11) is 5.51. The van der Waals surface area contributed by atoms with Crippen molar-refractivity contribution >= 4 is 28.8 Å². The van der Waals surface area contributed by atoms with Gasteiger partial charge in [-0.2, -0.15) is 0 Å². The van der Waals surface area contributed by atoms with Crippen LogP contribution in [0.1, 0.15) is 64.6 Å². The Morgan fingerprint density at radius 1 is 1.12 bits per heavy atom. The summed E-state index contributed by atoms with van der Waals surface area (Å²) in [5.74, 6) is 0.792. The monoisotopic (exact) mass is 602 g/mol. The van der Waals surface area contributed by atoms with Crippen LogP contribution < -0.4 is 15.0 Å². The second-order valence-corrected chi connectivity index (χ2v) is 12.2. The fourth-order valence-corrected chi connectivity index (χ4v) is 5.97. The van der Waals surface area contributed by atoms with Crippen LogP contribution in [-0.2, 0) is 6.54 Å². The molecule has 1 aliphatic rings. The van der Waals surface area contributed by atoms with Gasteiger partial charge in [0.05, 0.1) is 24.1 Å². The molecule has 4 rings (SSSR count). The molecule has 2 aromatic heterocycles. The number of piperidine rings is 1. The molecule has 0 saturated carbocycles. The summed E-state index contributed by atoms with van der Waals surface area (Å²) >= 11 is 5.47. The smallest absolute Gasteiger partial charge is 0.253 e. The highest BCUT2D eigenvalue weighted by atomic mass is 32.1. The number of ether oxygens (including phenoxy) is 1. The van der Waals surface area contributed by atoms with Crippen LogP contribution in [0, 0.1) is 20.8 Å². The van der Waals surface area contributed by atoms with E-state index in [2.05, 4.69) is 57.1 Å². The van der Waals surface area contributed by atoms with Gasteiger partial charge in [0.2, 0.25) is 0 Å². The number of methoxy groups -OCH3 is 1.